The summed E-state index contributed by atoms with van der Waals surface area (Å²) in [5.41, 5.74) is 1.53. The molecule has 5 nitrogen and oxygen atoms in total. The third-order valence-electron chi connectivity index (χ3n) is 3.60. The lowest BCUT2D eigenvalue weighted by molar-refractivity contribution is -0.122. The largest absolute Gasteiger partial charge is 0.497 e. The van der Waals surface area contributed by atoms with Crippen LogP contribution in [0.2, 0.25) is 0 Å². The average molecular weight is 322 g/mol. The summed E-state index contributed by atoms with van der Waals surface area (Å²) in [5.74, 6) is 1.11. The van der Waals surface area contributed by atoms with Gasteiger partial charge in [-0.2, -0.15) is 0 Å². The van der Waals surface area contributed by atoms with Gasteiger partial charge in [0.15, 0.2) is 6.10 Å². The van der Waals surface area contributed by atoms with Crippen molar-refractivity contribution in [1.29, 1.82) is 0 Å². The Balaban J connectivity index is 1.66. The van der Waals surface area contributed by atoms with Crippen molar-refractivity contribution >= 4 is 22.5 Å². The molecule has 0 aliphatic carbocycles. The van der Waals surface area contributed by atoms with E-state index in [9.17, 15) is 4.79 Å². The zero-order valence-corrected chi connectivity index (χ0v) is 13.5. The number of anilines is 1. The molecule has 0 radical (unpaired) electrons. The fourth-order valence-electron chi connectivity index (χ4n) is 2.30. The Bertz CT molecular complexity index is 847. The number of fused-ring (bicyclic) bond motifs is 1. The number of methoxy groups -OCH3 is 1. The highest BCUT2D eigenvalue weighted by atomic mass is 16.5. The Morgan fingerprint density at radius 1 is 1.08 bits per heavy atom. The number of nitrogens with zero attached hydrogens (tertiary/aromatic N) is 1. The molecule has 122 valence electrons. The molecule has 2 aromatic carbocycles. The Morgan fingerprint density at radius 3 is 2.54 bits per heavy atom. The summed E-state index contributed by atoms with van der Waals surface area (Å²) in [7, 11) is 1.60. The monoisotopic (exact) mass is 322 g/mol. The Morgan fingerprint density at radius 2 is 1.79 bits per heavy atom. The third-order valence-corrected chi connectivity index (χ3v) is 3.60. The highest BCUT2D eigenvalue weighted by molar-refractivity contribution is 5.95. The Labute approximate surface area is 140 Å². The zero-order chi connectivity index (χ0) is 16.9. The van der Waals surface area contributed by atoms with Gasteiger partial charge in [-0.15, -0.1) is 0 Å². The van der Waals surface area contributed by atoms with Crippen LogP contribution < -0.4 is 14.8 Å². The lowest BCUT2D eigenvalue weighted by Gasteiger charge is -2.15. The van der Waals surface area contributed by atoms with Crippen LogP contribution in [0.25, 0.3) is 10.9 Å². The predicted molar refractivity (Wildman–Crippen MR) is 93.5 cm³/mol. The predicted octanol–water partition coefficient (Wildman–Crippen LogP) is 3.65. The second-order valence-corrected chi connectivity index (χ2v) is 5.34. The zero-order valence-electron chi connectivity index (χ0n) is 13.5. The number of para-hydroxylation sites is 1. The molecule has 1 N–H and O–H groups in total. The van der Waals surface area contributed by atoms with E-state index in [0.717, 1.165) is 16.7 Å². The van der Waals surface area contributed by atoms with Crippen LogP contribution in [-0.4, -0.2) is 24.1 Å². The fraction of sp³-hybridized carbons (Fsp3) is 0.158. The molecule has 0 fully saturated rings. The van der Waals surface area contributed by atoms with E-state index in [4.69, 9.17) is 9.47 Å². The van der Waals surface area contributed by atoms with Crippen molar-refractivity contribution in [3.05, 3.63) is 60.8 Å². The summed E-state index contributed by atoms with van der Waals surface area (Å²) in [5, 5.41) is 3.80. The van der Waals surface area contributed by atoms with Crippen LogP contribution in [0.3, 0.4) is 0 Å². The van der Waals surface area contributed by atoms with Gasteiger partial charge in [0.05, 0.1) is 24.5 Å². The maximum atomic E-state index is 12.3. The van der Waals surface area contributed by atoms with E-state index >= 15 is 0 Å². The Kier molecular flexibility index (Phi) is 4.61. The molecule has 5 heteroatoms. The second kappa shape index (κ2) is 7.00. The fourth-order valence-corrected chi connectivity index (χ4v) is 2.30. The summed E-state index contributed by atoms with van der Waals surface area (Å²) in [4.78, 5) is 16.6. The first-order chi connectivity index (χ1) is 11.7. The number of benzene rings is 2. The van der Waals surface area contributed by atoms with Gasteiger partial charge < -0.3 is 14.8 Å². The van der Waals surface area contributed by atoms with Crippen LogP contribution in [0.5, 0.6) is 11.5 Å². The van der Waals surface area contributed by atoms with Crippen LogP contribution in [0.4, 0.5) is 5.69 Å². The van der Waals surface area contributed by atoms with Crippen molar-refractivity contribution in [2.24, 2.45) is 0 Å². The molecule has 1 aromatic heterocycles. The van der Waals surface area contributed by atoms with Crippen LogP contribution in [-0.2, 0) is 4.79 Å². The minimum Gasteiger partial charge on any atom is -0.497 e. The van der Waals surface area contributed by atoms with E-state index in [1.165, 1.54) is 0 Å². The smallest absolute Gasteiger partial charge is 0.265 e. The van der Waals surface area contributed by atoms with Crippen LogP contribution >= 0.6 is 0 Å². The van der Waals surface area contributed by atoms with Gasteiger partial charge >= 0.3 is 0 Å². The number of carbonyl (C=O) groups is 1. The van der Waals surface area contributed by atoms with E-state index in [2.05, 4.69) is 10.3 Å². The molecule has 3 rings (SSSR count). The SMILES string of the molecule is COc1ccc(OC(C)C(=O)Nc2cnc3ccccc3c2)cc1. The van der Waals surface area contributed by atoms with Gasteiger partial charge in [0.2, 0.25) is 0 Å². The number of amides is 1. The van der Waals surface area contributed by atoms with Crippen LogP contribution in [0.15, 0.2) is 60.8 Å². The maximum Gasteiger partial charge on any atom is 0.265 e. The van der Waals surface area contributed by atoms with Gasteiger partial charge in [0.1, 0.15) is 11.5 Å². The topological polar surface area (TPSA) is 60.5 Å². The van der Waals surface area contributed by atoms with Gasteiger partial charge in [-0.1, -0.05) is 18.2 Å². The first-order valence-corrected chi connectivity index (χ1v) is 7.62. The average Bonchev–Trinajstić information content (AvgIpc) is 2.62. The number of nitrogens with one attached hydrogen (secondary N) is 1. The molecule has 0 aliphatic heterocycles. The minimum absolute atomic E-state index is 0.233. The Hall–Kier alpha value is -3.08. The van der Waals surface area contributed by atoms with E-state index in [0.29, 0.717) is 11.4 Å². The van der Waals surface area contributed by atoms with Crippen molar-refractivity contribution in [2.45, 2.75) is 13.0 Å². The lowest BCUT2D eigenvalue weighted by Crippen LogP contribution is -2.30. The van der Waals surface area contributed by atoms with Crippen molar-refractivity contribution in [3.8, 4) is 11.5 Å². The van der Waals surface area contributed by atoms with Crippen molar-refractivity contribution < 1.29 is 14.3 Å². The summed E-state index contributed by atoms with van der Waals surface area (Å²) >= 11 is 0. The van der Waals surface area contributed by atoms with Crippen molar-refractivity contribution in [1.82, 2.24) is 4.98 Å². The number of pyridine rings is 1. The van der Waals surface area contributed by atoms with Crippen LogP contribution in [0.1, 0.15) is 6.92 Å². The lowest BCUT2D eigenvalue weighted by atomic mass is 10.2. The number of hydrogen-bond acceptors (Lipinski definition) is 4. The second-order valence-electron chi connectivity index (χ2n) is 5.34. The molecular weight excluding hydrogens is 304 g/mol. The van der Waals surface area contributed by atoms with Gasteiger partial charge in [-0.3, -0.25) is 9.78 Å². The molecular formula is C19H18N2O3. The molecule has 24 heavy (non-hydrogen) atoms. The van der Waals surface area contributed by atoms with E-state index in [-0.39, 0.29) is 5.91 Å². The molecule has 1 unspecified atom stereocenters. The van der Waals surface area contributed by atoms with E-state index in [1.807, 2.05) is 30.3 Å². The molecule has 1 heterocycles. The van der Waals surface area contributed by atoms with Gasteiger partial charge in [-0.05, 0) is 43.3 Å². The summed E-state index contributed by atoms with van der Waals surface area (Å²) in [6.45, 7) is 1.70. The molecule has 0 spiro atoms. The molecule has 0 bridgehead atoms. The van der Waals surface area contributed by atoms with Gasteiger partial charge in [0, 0.05) is 5.39 Å². The summed E-state index contributed by atoms with van der Waals surface area (Å²) < 4.78 is 10.7. The molecule has 1 amide bonds. The first-order valence-electron chi connectivity index (χ1n) is 7.62. The first kappa shape index (κ1) is 15.8. The molecule has 0 saturated heterocycles. The normalized spacial score (nSPS) is 11.8. The number of rotatable bonds is 5. The highest BCUT2D eigenvalue weighted by Crippen LogP contribution is 2.19. The summed E-state index contributed by atoms with van der Waals surface area (Å²) in [6, 6.07) is 16.7. The minimum atomic E-state index is -0.634. The molecule has 1 atom stereocenters. The standard InChI is InChI=1S/C19H18N2O3/c1-13(24-17-9-7-16(23-2)8-10-17)19(22)21-15-11-14-5-3-4-6-18(14)20-12-15/h3-13H,1-2H3,(H,21,22). The third kappa shape index (κ3) is 3.63. The van der Waals surface area contributed by atoms with Gasteiger partial charge in [0.25, 0.3) is 5.91 Å². The molecule has 3 aromatic rings. The maximum absolute atomic E-state index is 12.3. The number of carbonyl (C=O) groups excluding carboxylic acids is 1. The van der Waals surface area contributed by atoms with Crippen molar-refractivity contribution in [2.75, 3.05) is 12.4 Å². The molecule has 0 aliphatic rings. The van der Waals surface area contributed by atoms with E-state index in [1.54, 1.807) is 44.5 Å². The van der Waals surface area contributed by atoms with Crippen molar-refractivity contribution in [3.63, 3.8) is 0 Å². The van der Waals surface area contributed by atoms with Crippen LogP contribution in [0, 0.1) is 0 Å². The number of aromatic nitrogens is 1. The van der Waals surface area contributed by atoms with Gasteiger partial charge in [-0.25, -0.2) is 0 Å². The highest BCUT2D eigenvalue weighted by Gasteiger charge is 2.15. The number of hydrogen-bond donors (Lipinski definition) is 1. The van der Waals surface area contributed by atoms with E-state index < -0.39 is 6.10 Å². The quantitative estimate of drug-likeness (QED) is 0.779. The number of ether oxygens (including phenoxy) is 2. The molecule has 0 saturated carbocycles. The summed E-state index contributed by atoms with van der Waals surface area (Å²) in [6.07, 6.45) is 1.00.